The summed E-state index contributed by atoms with van der Waals surface area (Å²) in [6.45, 7) is 3.18. The van der Waals surface area contributed by atoms with Gasteiger partial charge in [-0.3, -0.25) is 0 Å². The molecule has 3 N–H and O–H groups in total. The summed E-state index contributed by atoms with van der Waals surface area (Å²) >= 11 is 5.29. The fourth-order valence-corrected chi connectivity index (χ4v) is 3.21. The molecule has 0 rings (SSSR count). The highest BCUT2D eigenvalue weighted by atomic mass is 32.5. The Kier molecular flexibility index (Phi) is 8.90. The largest absolute Gasteiger partial charge is 0.330 e. The molecule has 0 aliphatic rings. The highest BCUT2D eigenvalue weighted by Gasteiger charge is 2.17. The van der Waals surface area contributed by atoms with Gasteiger partial charge in [0.1, 0.15) is 0 Å². The van der Waals surface area contributed by atoms with E-state index in [4.69, 9.17) is 26.6 Å². The average Bonchev–Trinajstić information content (AvgIpc) is 2.16. The third kappa shape index (κ3) is 8.31. The van der Waals surface area contributed by atoms with Gasteiger partial charge in [-0.2, -0.15) is 0 Å². The van der Waals surface area contributed by atoms with E-state index in [0.29, 0.717) is 6.61 Å². The van der Waals surface area contributed by atoms with Gasteiger partial charge in [0.05, 0.1) is 6.61 Å². The average molecular weight is 254 g/mol. The van der Waals surface area contributed by atoms with Gasteiger partial charge in [-0.25, -0.2) is 5.09 Å². The fraction of sp³-hybridized carbons (Fsp3) is 1.00. The molecule has 1 unspecified atom stereocenters. The maximum atomic E-state index is 5.59. The van der Waals surface area contributed by atoms with Crippen LogP contribution in [0.3, 0.4) is 0 Å². The molecule has 0 aliphatic carbocycles. The molecular weight excluding hydrogens is 231 g/mol. The molecule has 0 spiro atoms. The van der Waals surface area contributed by atoms with E-state index in [-0.39, 0.29) is 6.04 Å². The predicted molar refractivity (Wildman–Crippen MR) is 68.4 cm³/mol. The summed E-state index contributed by atoms with van der Waals surface area (Å²) in [5, 5.41) is 3.15. The Morgan fingerprint density at radius 1 is 1.33 bits per heavy atom. The van der Waals surface area contributed by atoms with Crippen LogP contribution in [-0.4, -0.2) is 26.3 Å². The first-order valence-electron chi connectivity index (χ1n) is 5.32. The Balaban J connectivity index is 3.73. The quantitative estimate of drug-likeness (QED) is 0.487. The molecule has 0 saturated heterocycles. The highest BCUT2D eigenvalue weighted by molar-refractivity contribution is 8.08. The van der Waals surface area contributed by atoms with E-state index < -0.39 is 6.64 Å². The zero-order chi connectivity index (χ0) is 11.7. The van der Waals surface area contributed by atoms with Crippen molar-refractivity contribution in [1.82, 2.24) is 5.09 Å². The summed E-state index contributed by atoms with van der Waals surface area (Å²) in [5.41, 5.74) is 5.40. The molecule has 15 heavy (non-hydrogen) atoms. The monoisotopic (exact) mass is 254 g/mol. The minimum atomic E-state index is -2.25. The molecule has 0 aromatic carbocycles. The normalized spacial score (nSPS) is 15.5. The van der Waals surface area contributed by atoms with E-state index in [2.05, 4.69) is 5.09 Å². The van der Waals surface area contributed by atoms with Crippen molar-refractivity contribution in [2.45, 2.75) is 39.2 Å². The lowest BCUT2D eigenvalue weighted by molar-refractivity contribution is 0.263. The van der Waals surface area contributed by atoms with E-state index in [1.807, 2.05) is 13.8 Å². The summed E-state index contributed by atoms with van der Waals surface area (Å²) in [7, 11) is 1.59. The lowest BCUT2D eigenvalue weighted by atomic mass is 10.2. The van der Waals surface area contributed by atoms with Gasteiger partial charge in [-0.05, 0) is 51.5 Å². The van der Waals surface area contributed by atoms with E-state index in [1.54, 1.807) is 7.11 Å². The maximum Gasteiger partial charge on any atom is 0.261 e. The first kappa shape index (κ1) is 15.5. The molecule has 6 heteroatoms. The summed E-state index contributed by atoms with van der Waals surface area (Å²) in [5.74, 6) is 0. The molecule has 0 radical (unpaired) electrons. The van der Waals surface area contributed by atoms with Crippen LogP contribution in [0.25, 0.3) is 0 Å². The van der Waals surface area contributed by atoms with Crippen LogP contribution in [0.5, 0.6) is 0 Å². The SMILES string of the molecule is COP(=S)(NC(C)C)OCCCCCN. The summed E-state index contributed by atoms with van der Waals surface area (Å²) in [4.78, 5) is 0. The van der Waals surface area contributed by atoms with Crippen molar-refractivity contribution in [2.75, 3.05) is 20.3 Å². The number of unbranched alkanes of at least 4 members (excludes halogenated alkanes) is 2. The third-order valence-electron chi connectivity index (χ3n) is 1.77. The second-order valence-corrected chi connectivity index (χ2v) is 6.97. The van der Waals surface area contributed by atoms with E-state index >= 15 is 0 Å². The van der Waals surface area contributed by atoms with Crippen molar-refractivity contribution in [2.24, 2.45) is 5.73 Å². The Bertz CT molecular complexity index is 203. The van der Waals surface area contributed by atoms with Crippen LogP contribution in [0, 0.1) is 0 Å². The van der Waals surface area contributed by atoms with Gasteiger partial charge in [0.15, 0.2) is 0 Å². The van der Waals surface area contributed by atoms with Crippen LogP contribution in [-0.2, 0) is 20.9 Å². The second kappa shape index (κ2) is 8.62. The number of hydrogen-bond donors (Lipinski definition) is 2. The Labute approximate surface area is 98.1 Å². The molecule has 0 heterocycles. The molecule has 0 aromatic heterocycles. The van der Waals surface area contributed by atoms with Gasteiger partial charge in [-0.15, -0.1) is 0 Å². The third-order valence-corrected chi connectivity index (χ3v) is 4.68. The number of rotatable bonds is 9. The second-order valence-electron chi connectivity index (χ2n) is 3.65. The van der Waals surface area contributed by atoms with Crippen LogP contribution in [0.2, 0.25) is 0 Å². The summed E-state index contributed by atoms with van der Waals surface area (Å²) < 4.78 is 10.8. The minimum Gasteiger partial charge on any atom is -0.330 e. The number of nitrogens with one attached hydrogen (secondary N) is 1. The molecule has 0 saturated carbocycles. The fourth-order valence-electron chi connectivity index (χ4n) is 1.07. The van der Waals surface area contributed by atoms with E-state index in [9.17, 15) is 0 Å². The van der Waals surface area contributed by atoms with Gasteiger partial charge in [-0.1, -0.05) is 0 Å². The molecular formula is C9H23N2O2PS. The minimum absolute atomic E-state index is 0.278. The molecule has 0 amide bonds. The maximum absolute atomic E-state index is 5.59. The first-order chi connectivity index (χ1) is 7.04. The lowest BCUT2D eigenvalue weighted by Gasteiger charge is -2.23. The van der Waals surface area contributed by atoms with Gasteiger partial charge in [0.2, 0.25) is 0 Å². The summed E-state index contributed by atoms with van der Waals surface area (Å²) in [6.07, 6.45) is 3.10. The zero-order valence-corrected chi connectivity index (χ0v) is 11.6. The van der Waals surface area contributed by atoms with Crippen LogP contribution < -0.4 is 10.8 Å². The first-order valence-corrected chi connectivity index (χ1v) is 7.96. The van der Waals surface area contributed by atoms with Crippen LogP contribution in [0.4, 0.5) is 0 Å². The van der Waals surface area contributed by atoms with E-state index in [0.717, 1.165) is 25.8 Å². The molecule has 0 aliphatic heterocycles. The zero-order valence-electron chi connectivity index (χ0n) is 9.86. The van der Waals surface area contributed by atoms with Gasteiger partial charge in [0.25, 0.3) is 6.64 Å². The van der Waals surface area contributed by atoms with Crippen LogP contribution in [0.15, 0.2) is 0 Å². The Morgan fingerprint density at radius 2 is 2.00 bits per heavy atom. The van der Waals surface area contributed by atoms with Gasteiger partial charge < -0.3 is 14.8 Å². The molecule has 4 nitrogen and oxygen atoms in total. The van der Waals surface area contributed by atoms with Crippen molar-refractivity contribution in [1.29, 1.82) is 0 Å². The molecule has 92 valence electrons. The van der Waals surface area contributed by atoms with Crippen molar-refractivity contribution >= 4 is 18.4 Å². The highest BCUT2D eigenvalue weighted by Crippen LogP contribution is 2.43. The molecule has 1 atom stereocenters. The van der Waals surface area contributed by atoms with Crippen LogP contribution in [0.1, 0.15) is 33.1 Å². The van der Waals surface area contributed by atoms with Crippen molar-refractivity contribution in [3.05, 3.63) is 0 Å². The molecule has 0 aromatic rings. The number of nitrogens with two attached hydrogens (primary N) is 1. The topological polar surface area (TPSA) is 56.5 Å². The smallest absolute Gasteiger partial charge is 0.261 e. The van der Waals surface area contributed by atoms with E-state index in [1.165, 1.54) is 0 Å². The summed E-state index contributed by atoms with van der Waals surface area (Å²) in [6, 6.07) is 0.278. The molecule has 0 bridgehead atoms. The standard InChI is InChI=1S/C9H23N2O2PS/c1-9(2)11-14(15,12-3)13-8-6-4-5-7-10/h9H,4-8,10H2,1-3H3,(H,11,15). The van der Waals surface area contributed by atoms with Crippen LogP contribution >= 0.6 is 6.64 Å². The predicted octanol–water partition coefficient (Wildman–Crippen LogP) is 2.00. The lowest BCUT2D eigenvalue weighted by Crippen LogP contribution is -2.21. The Morgan fingerprint density at radius 3 is 2.47 bits per heavy atom. The van der Waals surface area contributed by atoms with Gasteiger partial charge in [0, 0.05) is 13.2 Å². The van der Waals surface area contributed by atoms with Gasteiger partial charge >= 0.3 is 0 Å². The molecule has 0 fully saturated rings. The van der Waals surface area contributed by atoms with Crippen molar-refractivity contribution in [3.8, 4) is 0 Å². The van der Waals surface area contributed by atoms with Crippen molar-refractivity contribution in [3.63, 3.8) is 0 Å². The number of hydrogen-bond acceptors (Lipinski definition) is 4. The van der Waals surface area contributed by atoms with Crippen molar-refractivity contribution < 1.29 is 9.05 Å². The Hall–Kier alpha value is 0.490.